The maximum atomic E-state index is 13.7. The molecule has 0 radical (unpaired) electrons. The number of thiazole rings is 1. The first-order chi connectivity index (χ1) is 17.7. The number of sulfonamides is 1. The fraction of sp³-hybridized carbons (Fsp3) is 0.481. The van der Waals surface area contributed by atoms with Crippen molar-refractivity contribution in [3.05, 3.63) is 48.0 Å². The second-order valence-electron chi connectivity index (χ2n) is 10.2. The molecule has 2 aliphatic rings. The summed E-state index contributed by atoms with van der Waals surface area (Å²) in [5.74, 6) is 1.14. The molecule has 37 heavy (non-hydrogen) atoms. The predicted octanol–water partition coefficient (Wildman–Crippen LogP) is 4.80. The molecule has 0 spiro atoms. The van der Waals surface area contributed by atoms with Gasteiger partial charge in [0, 0.05) is 25.3 Å². The van der Waals surface area contributed by atoms with Crippen molar-refractivity contribution in [2.45, 2.75) is 44.1 Å². The van der Waals surface area contributed by atoms with Gasteiger partial charge in [-0.15, -0.1) is 0 Å². The van der Waals surface area contributed by atoms with Gasteiger partial charge in [0.15, 0.2) is 5.13 Å². The van der Waals surface area contributed by atoms with Crippen LogP contribution in [0.4, 0.5) is 5.13 Å². The first-order valence-electron chi connectivity index (χ1n) is 12.7. The van der Waals surface area contributed by atoms with E-state index in [1.807, 2.05) is 18.2 Å². The Hall–Kier alpha value is -2.53. The minimum absolute atomic E-state index is 0.0618. The van der Waals surface area contributed by atoms with Crippen LogP contribution in [0.3, 0.4) is 0 Å². The Morgan fingerprint density at radius 3 is 2.54 bits per heavy atom. The average Bonchev–Trinajstić information content (AvgIpc) is 3.55. The number of piperidine rings is 1. The van der Waals surface area contributed by atoms with Crippen LogP contribution >= 0.6 is 11.3 Å². The van der Waals surface area contributed by atoms with Crippen LogP contribution in [-0.4, -0.2) is 63.1 Å². The van der Waals surface area contributed by atoms with Crippen molar-refractivity contribution in [1.82, 2.24) is 9.29 Å². The number of carbonyl (C=O) groups is 1. The van der Waals surface area contributed by atoms with Crippen molar-refractivity contribution < 1.29 is 22.7 Å². The van der Waals surface area contributed by atoms with Gasteiger partial charge < -0.3 is 9.47 Å². The second-order valence-corrected chi connectivity index (χ2v) is 13.1. The van der Waals surface area contributed by atoms with E-state index >= 15 is 0 Å². The highest BCUT2D eigenvalue weighted by Gasteiger charge is 2.32. The van der Waals surface area contributed by atoms with Crippen molar-refractivity contribution in [2.75, 3.05) is 38.3 Å². The molecule has 1 aromatic heterocycles. The van der Waals surface area contributed by atoms with Crippen molar-refractivity contribution >= 4 is 42.6 Å². The summed E-state index contributed by atoms with van der Waals surface area (Å²) in [5, 5.41) is 0.580. The number of benzene rings is 2. The van der Waals surface area contributed by atoms with Gasteiger partial charge in [0.2, 0.25) is 10.0 Å². The van der Waals surface area contributed by atoms with Gasteiger partial charge in [-0.2, -0.15) is 4.31 Å². The summed E-state index contributed by atoms with van der Waals surface area (Å²) in [5.41, 5.74) is 1.20. The molecular formula is C27H33N3O5S2. The van der Waals surface area contributed by atoms with Crippen molar-refractivity contribution in [2.24, 2.45) is 11.8 Å². The van der Waals surface area contributed by atoms with Gasteiger partial charge in [0.05, 0.1) is 34.9 Å². The highest BCUT2D eigenvalue weighted by molar-refractivity contribution is 7.89. The molecule has 0 bridgehead atoms. The van der Waals surface area contributed by atoms with Gasteiger partial charge in [-0.3, -0.25) is 9.69 Å². The quantitative estimate of drug-likeness (QED) is 0.426. The zero-order valence-corrected chi connectivity index (χ0v) is 23.1. The lowest BCUT2D eigenvalue weighted by Gasteiger charge is -2.34. The molecule has 3 atom stereocenters. The molecule has 3 heterocycles. The number of methoxy groups -OCH3 is 1. The molecule has 3 unspecified atom stereocenters. The topological polar surface area (TPSA) is 89.0 Å². The number of hydrogen-bond donors (Lipinski definition) is 0. The third-order valence-corrected chi connectivity index (χ3v) is 9.93. The van der Waals surface area contributed by atoms with Gasteiger partial charge in [-0.25, -0.2) is 13.4 Å². The van der Waals surface area contributed by atoms with Crippen LogP contribution in [0.5, 0.6) is 5.75 Å². The van der Waals surface area contributed by atoms with Gasteiger partial charge >= 0.3 is 0 Å². The van der Waals surface area contributed by atoms with Crippen LogP contribution in [-0.2, 0) is 14.8 Å². The van der Waals surface area contributed by atoms with Crippen LogP contribution in [0.1, 0.15) is 43.5 Å². The van der Waals surface area contributed by atoms with E-state index in [1.54, 1.807) is 40.6 Å². The fourth-order valence-electron chi connectivity index (χ4n) is 5.25. The Labute approximate surface area is 222 Å². The van der Waals surface area contributed by atoms with E-state index < -0.39 is 10.0 Å². The molecule has 3 aromatic rings. The van der Waals surface area contributed by atoms with Crippen molar-refractivity contribution in [3.8, 4) is 5.75 Å². The smallest absolute Gasteiger partial charge is 0.260 e. The van der Waals surface area contributed by atoms with Gasteiger partial charge in [0.25, 0.3) is 5.91 Å². The third-order valence-electron chi connectivity index (χ3n) is 7.04. The summed E-state index contributed by atoms with van der Waals surface area (Å²) >= 11 is 1.42. The molecule has 0 aliphatic carbocycles. The molecule has 198 valence electrons. The predicted molar refractivity (Wildman–Crippen MR) is 145 cm³/mol. The lowest BCUT2D eigenvalue weighted by atomic mass is 9.94. The summed E-state index contributed by atoms with van der Waals surface area (Å²) < 4.78 is 40.2. The van der Waals surface area contributed by atoms with Crippen molar-refractivity contribution in [1.29, 1.82) is 0 Å². The van der Waals surface area contributed by atoms with Gasteiger partial charge in [0.1, 0.15) is 5.75 Å². The number of hydrogen-bond acceptors (Lipinski definition) is 7. The van der Waals surface area contributed by atoms with Gasteiger partial charge in [-0.05, 0) is 73.6 Å². The van der Waals surface area contributed by atoms with E-state index in [0.29, 0.717) is 48.8 Å². The Morgan fingerprint density at radius 1 is 1.16 bits per heavy atom. The van der Waals surface area contributed by atoms with E-state index in [0.717, 1.165) is 35.2 Å². The summed E-state index contributed by atoms with van der Waals surface area (Å²) in [4.78, 5) is 20.3. The van der Waals surface area contributed by atoms with Crippen LogP contribution in [0.15, 0.2) is 47.4 Å². The molecule has 2 aromatic carbocycles. The lowest BCUT2D eigenvalue weighted by molar-refractivity contribution is 0.0917. The number of aromatic nitrogens is 1. The number of ether oxygens (including phenoxy) is 2. The summed E-state index contributed by atoms with van der Waals surface area (Å²) in [6.07, 6.45) is 2.81. The molecule has 5 rings (SSSR count). The van der Waals surface area contributed by atoms with Crippen LogP contribution in [0.2, 0.25) is 0 Å². The maximum absolute atomic E-state index is 13.7. The van der Waals surface area contributed by atoms with E-state index in [2.05, 4.69) is 13.8 Å². The van der Waals surface area contributed by atoms with Crippen LogP contribution in [0.25, 0.3) is 10.2 Å². The summed E-state index contributed by atoms with van der Waals surface area (Å²) in [6, 6.07) is 11.9. The average molecular weight is 544 g/mol. The molecule has 2 aliphatic heterocycles. The SMILES string of the molecule is COc1ccc2nc(N(CC3CCCO3)C(=O)c3ccc(S(=O)(=O)N4CC(C)CC(C)C4)cc3)sc2c1. The highest BCUT2D eigenvalue weighted by atomic mass is 32.2. The number of carbonyl (C=O) groups excluding carboxylic acids is 1. The minimum atomic E-state index is -3.62. The molecule has 8 nitrogen and oxygen atoms in total. The zero-order valence-electron chi connectivity index (χ0n) is 21.4. The molecule has 2 saturated heterocycles. The molecule has 1 amide bonds. The molecule has 10 heteroatoms. The maximum Gasteiger partial charge on any atom is 0.260 e. The number of nitrogens with zero attached hydrogens (tertiary/aromatic N) is 3. The van der Waals surface area contributed by atoms with E-state index in [-0.39, 0.29) is 16.9 Å². The largest absolute Gasteiger partial charge is 0.497 e. The zero-order chi connectivity index (χ0) is 26.2. The molecule has 0 N–H and O–H groups in total. The summed E-state index contributed by atoms with van der Waals surface area (Å²) in [6.45, 7) is 6.28. The van der Waals surface area contributed by atoms with E-state index in [1.165, 1.54) is 11.3 Å². The molecular weight excluding hydrogens is 510 g/mol. The summed E-state index contributed by atoms with van der Waals surface area (Å²) in [7, 11) is -2.00. The highest BCUT2D eigenvalue weighted by Crippen LogP contribution is 2.33. The van der Waals surface area contributed by atoms with Gasteiger partial charge in [-0.1, -0.05) is 25.2 Å². The van der Waals surface area contributed by atoms with Crippen molar-refractivity contribution in [3.63, 3.8) is 0 Å². The number of rotatable bonds is 7. The normalized spacial score (nSPS) is 22.8. The van der Waals surface area contributed by atoms with E-state index in [4.69, 9.17) is 14.5 Å². The second kappa shape index (κ2) is 10.7. The van der Waals surface area contributed by atoms with Crippen LogP contribution < -0.4 is 9.64 Å². The lowest BCUT2D eigenvalue weighted by Crippen LogP contribution is -2.42. The van der Waals surface area contributed by atoms with Crippen LogP contribution in [0, 0.1) is 11.8 Å². The Morgan fingerprint density at radius 2 is 1.89 bits per heavy atom. The molecule has 0 saturated carbocycles. The monoisotopic (exact) mass is 543 g/mol. The third kappa shape index (κ3) is 5.52. The standard InChI is InChI=1S/C27H33N3O5S2/c1-18-13-19(2)16-29(15-18)37(32,33)23-9-6-20(7-10-23)26(31)30(17-22-5-4-12-35-22)27-28-24-11-8-21(34-3)14-25(24)36-27/h6-11,14,18-19,22H,4-5,12-13,15-17H2,1-3H3. The first kappa shape index (κ1) is 26.1. The Bertz CT molecular complexity index is 1360. The molecule has 2 fully saturated rings. The number of amides is 1. The fourth-order valence-corrected chi connectivity index (χ4v) is 7.93. The number of fused-ring (bicyclic) bond motifs is 1. The Balaban J connectivity index is 1.42. The Kier molecular flexibility index (Phi) is 7.53. The minimum Gasteiger partial charge on any atom is -0.497 e. The first-order valence-corrected chi connectivity index (χ1v) is 15.0. The number of anilines is 1. The van der Waals surface area contributed by atoms with E-state index in [9.17, 15) is 13.2 Å².